The quantitative estimate of drug-likeness (QED) is 0.101. The van der Waals surface area contributed by atoms with E-state index >= 15 is 0 Å². The van der Waals surface area contributed by atoms with E-state index in [1.807, 2.05) is 66.8 Å². The predicted octanol–water partition coefficient (Wildman–Crippen LogP) is 7.43. The molecule has 1 N–H and O–H groups in total. The maximum absolute atomic E-state index is 12.3. The summed E-state index contributed by atoms with van der Waals surface area (Å²) >= 11 is 6.15. The molecule has 0 bridgehead atoms. The highest BCUT2D eigenvalue weighted by molar-refractivity contribution is 14.1. The van der Waals surface area contributed by atoms with Crippen LogP contribution in [0.3, 0.4) is 0 Å². The van der Waals surface area contributed by atoms with Crippen molar-refractivity contribution in [1.29, 1.82) is 0 Å². The molecule has 1 heterocycles. The van der Waals surface area contributed by atoms with Crippen molar-refractivity contribution in [3.63, 3.8) is 0 Å². The number of hydrogen-bond acceptors (Lipinski definition) is 7. The van der Waals surface area contributed by atoms with Gasteiger partial charge in [0.05, 0.1) is 21.0 Å². The summed E-state index contributed by atoms with van der Waals surface area (Å²) in [4.78, 5) is 12.3. The average molecular weight is 685 g/mol. The smallest absolute Gasteiger partial charge is 0.277 e. The summed E-state index contributed by atoms with van der Waals surface area (Å²) in [6.07, 6.45) is 1.58. The topological polar surface area (TPSA) is 69.2 Å². The Morgan fingerprint density at radius 2 is 1.75 bits per heavy atom. The van der Waals surface area contributed by atoms with E-state index in [4.69, 9.17) is 14.2 Å². The lowest BCUT2D eigenvalue weighted by Gasteiger charge is -2.15. The SMILES string of the molecule is CCOc1cc(/C=N\NC(=O)COc2ccc(C3SCCS3)cc2)cc(I)c1OCc1ccc2ccccc2c1. The van der Waals surface area contributed by atoms with Gasteiger partial charge in [0.1, 0.15) is 12.4 Å². The predicted molar refractivity (Wildman–Crippen MR) is 174 cm³/mol. The molecule has 1 amide bonds. The molecule has 0 aliphatic carbocycles. The number of hydrazone groups is 1. The van der Waals surface area contributed by atoms with E-state index in [1.165, 1.54) is 27.8 Å². The Labute approximate surface area is 256 Å². The summed E-state index contributed by atoms with van der Waals surface area (Å²) in [6, 6.07) is 26.3. The van der Waals surface area contributed by atoms with Crippen molar-refractivity contribution in [3.8, 4) is 17.2 Å². The van der Waals surface area contributed by atoms with E-state index in [1.54, 1.807) is 6.21 Å². The second-order valence-corrected chi connectivity index (χ2v) is 12.8. The summed E-state index contributed by atoms with van der Waals surface area (Å²) in [6.45, 7) is 2.73. The number of nitrogens with one attached hydrogen (secondary N) is 1. The molecule has 9 heteroatoms. The molecule has 5 rings (SSSR count). The van der Waals surface area contributed by atoms with Crippen LogP contribution in [-0.4, -0.2) is 36.8 Å². The zero-order valence-electron chi connectivity index (χ0n) is 22.0. The fourth-order valence-corrected chi connectivity index (χ4v) is 7.82. The lowest BCUT2D eigenvalue weighted by atomic mass is 10.1. The number of fused-ring (bicyclic) bond motifs is 1. The number of thioether (sulfide) groups is 2. The van der Waals surface area contributed by atoms with Gasteiger partial charge in [-0.2, -0.15) is 5.10 Å². The Morgan fingerprint density at radius 1 is 0.975 bits per heavy atom. The summed E-state index contributed by atoms with van der Waals surface area (Å²) in [5, 5.41) is 6.48. The standard InChI is InChI=1S/C31H29IN2O4S2/c1-2-36-28-17-22(16-27(32)30(28)38-19-21-7-8-23-5-3-4-6-25(23)15-21)18-33-34-29(35)20-37-26-11-9-24(10-12-26)31-39-13-14-40-31/h3-12,15-18,31H,2,13-14,19-20H2,1H3,(H,34,35)/b33-18-. The first-order valence-corrected chi connectivity index (χ1v) is 16.1. The minimum atomic E-state index is -0.336. The van der Waals surface area contributed by atoms with Crippen LogP contribution in [0.1, 0.15) is 28.2 Å². The van der Waals surface area contributed by atoms with Gasteiger partial charge in [-0.05, 0) is 87.3 Å². The molecule has 206 valence electrons. The first-order chi connectivity index (χ1) is 19.6. The molecule has 0 spiro atoms. The molecule has 1 aliphatic rings. The number of rotatable bonds is 11. The third kappa shape index (κ3) is 7.64. The van der Waals surface area contributed by atoms with Crippen molar-refractivity contribution >= 4 is 69.0 Å². The molecule has 0 aromatic heterocycles. The molecule has 1 aliphatic heterocycles. The van der Waals surface area contributed by atoms with Crippen molar-refractivity contribution < 1.29 is 19.0 Å². The number of hydrogen-bond donors (Lipinski definition) is 1. The molecule has 4 aromatic carbocycles. The largest absolute Gasteiger partial charge is 0.490 e. The number of amides is 1. The van der Waals surface area contributed by atoms with Gasteiger partial charge in [0.2, 0.25) is 0 Å². The highest BCUT2D eigenvalue weighted by atomic mass is 127. The van der Waals surface area contributed by atoms with Crippen molar-refractivity contribution in [1.82, 2.24) is 5.43 Å². The van der Waals surface area contributed by atoms with E-state index in [2.05, 4.69) is 75.6 Å². The van der Waals surface area contributed by atoms with Crippen molar-refractivity contribution in [2.75, 3.05) is 24.7 Å². The maximum Gasteiger partial charge on any atom is 0.277 e. The summed E-state index contributed by atoms with van der Waals surface area (Å²) < 4.78 is 19.1. The van der Waals surface area contributed by atoms with Gasteiger partial charge in [0, 0.05) is 11.5 Å². The number of nitrogens with zero attached hydrogens (tertiary/aromatic N) is 1. The Kier molecular flexibility index (Phi) is 10.1. The van der Waals surface area contributed by atoms with Gasteiger partial charge >= 0.3 is 0 Å². The zero-order valence-corrected chi connectivity index (χ0v) is 25.8. The van der Waals surface area contributed by atoms with Crippen LogP contribution in [0.2, 0.25) is 0 Å². The first kappa shape index (κ1) is 28.6. The number of carbonyl (C=O) groups excluding carboxylic acids is 1. The van der Waals surface area contributed by atoms with Crippen LogP contribution in [0.15, 0.2) is 84.0 Å². The molecule has 0 saturated carbocycles. The van der Waals surface area contributed by atoms with Crippen LogP contribution < -0.4 is 19.6 Å². The highest BCUT2D eigenvalue weighted by Crippen LogP contribution is 2.45. The lowest BCUT2D eigenvalue weighted by Crippen LogP contribution is -2.24. The van der Waals surface area contributed by atoms with E-state index in [9.17, 15) is 4.79 Å². The van der Waals surface area contributed by atoms with Crippen LogP contribution in [0.4, 0.5) is 0 Å². The average Bonchev–Trinajstić information content (AvgIpc) is 3.51. The molecule has 0 unspecified atom stereocenters. The molecule has 40 heavy (non-hydrogen) atoms. The van der Waals surface area contributed by atoms with Crippen LogP contribution in [0, 0.1) is 3.57 Å². The van der Waals surface area contributed by atoms with Crippen LogP contribution in [-0.2, 0) is 11.4 Å². The van der Waals surface area contributed by atoms with E-state index in [0.717, 1.165) is 14.7 Å². The normalized spacial score (nSPS) is 13.6. The van der Waals surface area contributed by atoms with Gasteiger partial charge in [-0.15, -0.1) is 23.5 Å². The van der Waals surface area contributed by atoms with Crippen LogP contribution in [0.25, 0.3) is 10.8 Å². The van der Waals surface area contributed by atoms with Gasteiger partial charge in [0.25, 0.3) is 5.91 Å². The third-order valence-electron chi connectivity index (χ3n) is 6.08. The molecule has 1 fully saturated rings. The third-order valence-corrected chi connectivity index (χ3v) is 9.98. The minimum Gasteiger partial charge on any atom is -0.490 e. The molecule has 6 nitrogen and oxygen atoms in total. The second kappa shape index (κ2) is 14.1. The van der Waals surface area contributed by atoms with E-state index < -0.39 is 0 Å². The summed E-state index contributed by atoms with van der Waals surface area (Å²) in [5.74, 6) is 4.00. The summed E-state index contributed by atoms with van der Waals surface area (Å²) in [5.41, 5.74) is 5.67. The summed E-state index contributed by atoms with van der Waals surface area (Å²) in [7, 11) is 0. The number of benzene rings is 4. The molecule has 1 saturated heterocycles. The van der Waals surface area contributed by atoms with E-state index in [0.29, 0.717) is 35.0 Å². The maximum atomic E-state index is 12.3. The monoisotopic (exact) mass is 684 g/mol. The molecule has 0 atom stereocenters. The van der Waals surface area contributed by atoms with Gasteiger partial charge in [-0.1, -0.05) is 48.5 Å². The van der Waals surface area contributed by atoms with Crippen LogP contribution >= 0.6 is 46.1 Å². The second-order valence-electron chi connectivity index (χ2n) is 8.96. The Bertz CT molecular complexity index is 1490. The van der Waals surface area contributed by atoms with Crippen LogP contribution in [0.5, 0.6) is 17.2 Å². The van der Waals surface area contributed by atoms with Gasteiger partial charge in [0.15, 0.2) is 18.1 Å². The number of ether oxygens (including phenoxy) is 3. The molecular weight excluding hydrogens is 655 g/mol. The molecular formula is C31H29IN2O4S2. The highest BCUT2D eigenvalue weighted by Gasteiger charge is 2.18. The Morgan fingerprint density at radius 3 is 2.52 bits per heavy atom. The first-order valence-electron chi connectivity index (χ1n) is 12.9. The van der Waals surface area contributed by atoms with Crippen molar-refractivity contribution in [2.24, 2.45) is 5.10 Å². The van der Waals surface area contributed by atoms with Crippen molar-refractivity contribution in [3.05, 3.63) is 99.1 Å². The molecule has 0 radical (unpaired) electrons. The fourth-order valence-electron chi connectivity index (χ4n) is 4.18. The minimum absolute atomic E-state index is 0.118. The lowest BCUT2D eigenvalue weighted by molar-refractivity contribution is -0.123. The van der Waals surface area contributed by atoms with Crippen molar-refractivity contribution in [2.45, 2.75) is 18.1 Å². The van der Waals surface area contributed by atoms with E-state index in [-0.39, 0.29) is 12.5 Å². The van der Waals surface area contributed by atoms with Gasteiger partial charge in [-0.25, -0.2) is 5.43 Å². The van der Waals surface area contributed by atoms with Gasteiger partial charge < -0.3 is 14.2 Å². The van der Waals surface area contributed by atoms with Gasteiger partial charge in [-0.3, -0.25) is 4.79 Å². The zero-order chi connectivity index (χ0) is 27.7. The fraction of sp³-hybridized carbons (Fsp3) is 0.226. The Hall–Kier alpha value is -2.89. The molecule has 4 aromatic rings. The number of carbonyl (C=O) groups is 1. The number of halogens is 1. The Balaban J connectivity index is 1.16.